The summed E-state index contributed by atoms with van der Waals surface area (Å²) in [5, 5.41) is 2.82. The van der Waals surface area contributed by atoms with Crippen LogP contribution in [0, 0.1) is 0 Å². The molecular weight excluding hydrogens is 535 g/mol. The van der Waals surface area contributed by atoms with Gasteiger partial charge < -0.3 is 15.0 Å². The topological polar surface area (TPSA) is 96.0 Å². The van der Waals surface area contributed by atoms with Crippen LogP contribution >= 0.6 is 0 Å². The molecule has 0 bridgehead atoms. The van der Waals surface area contributed by atoms with Crippen LogP contribution < -0.4 is 14.4 Å². The molecule has 2 rings (SSSR count). The minimum atomic E-state index is -4.64. The molecule has 0 aliphatic heterocycles. The highest BCUT2D eigenvalue weighted by Crippen LogP contribution is 2.32. The number of ether oxygens (including phenoxy) is 1. The average Bonchev–Trinajstić information content (AvgIpc) is 2.88. The Bertz CT molecular complexity index is 1220. The van der Waals surface area contributed by atoms with Crippen molar-refractivity contribution in [2.45, 2.75) is 58.3 Å². The Morgan fingerprint density at radius 2 is 1.77 bits per heavy atom. The molecule has 216 valence electrons. The molecule has 2 aromatic rings. The largest absolute Gasteiger partial charge is 0.497 e. The molecule has 0 aromatic heterocycles. The summed E-state index contributed by atoms with van der Waals surface area (Å²) in [6.45, 7) is 3.98. The Balaban J connectivity index is 2.21. The Morgan fingerprint density at radius 1 is 1.08 bits per heavy atom. The van der Waals surface area contributed by atoms with Gasteiger partial charge in [-0.3, -0.25) is 13.9 Å². The van der Waals surface area contributed by atoms with Crippen molar-refractivity contribution in [1.29, 1.82) is 0 Å². The third-order valence-corrected chi connectivity index (χ3v) is 7.29. The molecule has 0 saturated heterocycles. The van der Waals surface area contributed by atoms with Gasteiger partial charge in [0.1, 0.15) is 11.8 Å². The van der Waals surface area contributed by atoms with Gasteiger partial charge in [0, 0.05) is 26.1 Å². The number of nitrogens with one attached hydrogen (secondary N) is 1. The van der Waals surface area contributed by atoms with Gasteiger partial charge in [0.2, 0.25) is 21.8 Å². The number of anilines is 1. The molecule has 2 aromatic carbocycles. The first kappa shape index (κ1) is 31.9. The van der Waals surface area contributed by atoms with Gasteiger partial charge in [0.05, 0.1) is 24.6 Å². The van der Waals surface area contributed by atoms with E-state index in [9.17, 15) is 31.2 Å². The fourth-order valence-electron chi connectivity index (χ4n) is 3.93. The summed E-state index contributed by atoms with van der Waals surface area (Å²) in [6.07, 6.45) is -2.15. The zero-order chi connectivity index (χ0) is 29.2. The van der Waals surface area contributed by atoms with Crippen molar-refractivity contribution in [3.8, 4) is 5.75 Å². The number of hydrogen-bond acceptors (Lipinski definition) is 5. The number of amides is 2. The number of carbonyl (C=O) groups excluding carboxylic acids is 2. The van der Waals surface area contributed by atoms with Crippen LogP contribution in [0.3, 0.4) is 0 Å². The van der Waals surface area contributed by atoms with E-state index in [0.29, 0.717) is 12.3 Å². The van der Waals surface area contributed by atoms with Crippen LogP contribution in [0.4, 0.5) is 18.9 Å². The second-order valence-electron chi connectivity index (χ2n) is 9.18. The summed E-state index contributed by atoms with van der Waals surface area (Å²) in [7, 11) is -2.42. The molecule has 0 heterocycles. The number of sulfonamides is 1. The number of halogens is 3. The van der Waals surface area contributed by atoms with Gasteiger partial charge in [0.25, 0.3) is 0 Å². The van der Waals surface area contributed by atoms with E-state index >= 15 is 0 Å². The first-order chi connectivity index (χ1) is 18.3. The average molecular weight is 572 g/mol. The number of alkyl halides is 3. The predicted molar refractivity (Wildman–Crippen MR) is 144 cm³/mol. The van der Waals surface area contributed by atoms with E-state index in [-0.39, 0.29) is 37.5 Å². The zero-order valence-electron chi connectivity index (χ0n) is 22.6. The van der Waals surface area contributed by atoms with Crippen LogP contribution in [-0.2, 0) is 32.3 Å². The molecule has 12 heteroatoms. The summed E-state index contributed by atoms with van der Waals surface area (Å²) < 4.78 is 70.5. The molecule has 0 aliphatic carbocycles. The maximum Gasteiger partial charge on any atom is 0.416 e. The van der Waals surface area contributed by atoms with Crippen molar-refractivity contribution < 1.29 is 35.9 Å². The van der Waals surface area contributed by atoms with Gasteiger partial charge >= 0.3 is 6.18 Å². The number of nitrogens with zero attached hydrogens (tertiary/aromatic N) is 2. The molecule has 39 heavy (non-hydrogen) atoms. The quantitative estimate of drug-likeness (QED) is 0.335. The molecule has 0 radical (unpaired) electrons. The lowest BCUT2D eigenvalue weighted by Gasteiger charge is -2.29. The SMILES string of the molecule is CCCCNC(=O)[C@H](C)N(Cc1cccc(OC)c1)C(=O)CCCN(c1cccc(C(F)(F)F)c1)S(C)(=O)=O. The second-order valence-corrected chi connectivity index (χ2v) is 11.1. The summed E-state index contributed by atoms with van der Waals surface area (Å²) in [5.41, 5.74) is -0.383. The maximum atomic E-state index is 13.3. The molecule has 0 unspecified atom stereocenters. The fourth-order valence-corrected chi connectivity index (χ4v) is 4.88. The van der Waals surface area contributed by atoms with Crippen LogP contribution in [0.25, 0.3) is 0 Å². The molecule has 2 amide bonds. The Labute approximate surface area is 228 Å². The van der Waals surface area contributed by atoms with Gasteiger partial charge in [-0.1, -0.05) is 31.5 Å². The first-order valence-electron chi connectivity index (χ1n) is 12.6. The first-order valence-corrected chi connectivity index (χ1v) is 14.5. The fraction of sp³-hybridized carbons (Fsp3) is 0.481. The van der Waals surface area contributed by atoms with Crippen molar-refractivity contribution in [3.05, 3.63) is 59.7 Å². The highest BCUT2D eigenvalue weighted by atomic mass is 32.2. The monoisotopic (exact) mass is 571 g/mol. The van der Waals surface area contributed by atoms with E-state index in [4.69, 9.17) is 4.74 Å². The normalized spacial score (nSPS) is 12.5. The highest BCUT2D eigenvalue weighted by Gasteiger charge is 2.32. The van der Waals surface area contributed by atoms with E-state index in [1.165, 1.54) is 18.1 Å². The van der Waals surface area contributed by atoms with Crippen LogP contribution in [0.2, 0.25) is 0 Å². The minimum absolute atomic E-state index is 0.0287. The van der Waals surface area contributed by atoms with Gasteiger partial charge in [-0.05, 0) is 55.7 Å². The molecule has 0 saturated carbocycles. The van der Waals surface area contributed by atoms with E-state index in [1.807, 2.05) is 6.92 Å². The third kappa shape index (κ3) is 9.76. The van der Waals surface area contributed by atoms with E-state index < -0.39 is 33.7 Å². The molecule has 1 N–H and O–H groups in total. The number of unbranched alkanes of at least 4 members (excludes halogenated alkanes) is 1. The summed E-state index contributed by atoms with van der Waals surface area (Å²) >= 11 is 0. The van der Waals surface area contributed by atoms with Gasteiger partial charge in [-0.15, -0.1) is 0 Å². The maximum absolute atomic E-state index is 13.3. The van der Waals surface area contributed by atoms with Crippen LogP contribution in [-0.4, -0.2) is 57.6 Å². The third-order valence-electron chi connectivity index (χ3n) is 6.10. The Morgan fingerprint density at radius 3 is 2.38 bits per heavy atom. The summed E-state index contributed by atoms with van der Waals surface area (Å²) in [5.74, 6) is -0.125. The van der Waals surface area contributed by atoms with Gasteiger partial charge in [0.15, 0.2) is 0 Å². The smallest absolute Gasteiger partial charge is 0.416 e. The standard InChI is InChI=1S/C27H36F3N3O5S/c1-5-6-15-31-26(35)20(2)32(19-21-10-7-13-24(17-21)38-3)25(34)14-9-16-33(39(4,36)37)23-12-8-11-22(18-23)27(28,29)30/h7-8,10-13,17-18,20H,5-6,9,14-16,19H2,1-4H3,(H,31,35)/t20-/m0/s1. The number of rotatable bonds is 14. The summed E-state index contributed by atoms with van der Waals surface area (Å²) in [4.78, 5) is 27.5. The number of methoxy groups -OCH3 is 1. The number of benzene rings is 2. The molecule has 0 aliphatic rings. The highest BCUT2D eigenvalue weighted by molar-refractivity contribution is 7.92. The lowest BCUT2D eigenvalue weighted by molar-refractivity contribution is -0.140. The van der Waals surface area contributed by atoms with Crippen molar-refractivity contribution in [2.75, 3.05) is 30.8 Å². The van der Waals surface area contributed by atoms with Crippen LogP contribution in [0.15, 0.2) is 48.5 Å². The molecule has 0 spiro atoms. The molecular formula is C27H36F3N3O5S. The summed E-state index contributed by atoms with van der Waals surface area (Å²) in [6, 6.07) is 10.3. The zero-order valence-corrected chi connectivity index (χ0v) is 23.4. The lowest BCUT2D eigenvalue weighted by Crippen LogP contribution is -2.48. The Kier molecular flexibility index (Phi) is 11.6. The van der Waals surface area contributed by atoms with Gasteiger partial charge in [-0.2, -0.15) is 13.2 Å². The van der Waals surface area contributed by atoms with E-state index in [1.54, 1.807) is 31.2 Å². The lowest BCUT2D eigenvalue weighted by atomic mass is 10.1. The second kappa shape index (κ2) is 14.2. The number of hydrogen-bond donors (Lipinski definition) is 1. The van der Waals surface area contributed by atoms with Crippen molar-refractivity contribution in [1.82, 2.24) is 10.2 Å². The van der Waals surface area contributed by atoms with Crippen molar-refractivity contribution in [2.24, 2.45) is 0 Å². The molecule has 8 nitrogen and oxygen atoms in total. The predicted octanol–water partition coefficient (Wildman–Crippen LogP) is 4.59. The molecule has 1 atom stereocenters. The van der Waals surface area contributed by atoms with Crippen molar-refractivity contribution in [3.63, 3.8) is 0 Å². The molecule has 0 fully saturated rings. The van der Waals surface area contributed by atoms with Gasteiger partial charge in [-0.25, -0.2) is 8.42 Å². The van der Waals surface area contributed by atoms with Crippen LogP contribution in [0.5, 0.6) is 5.75 Å². The number of carbonyl (C=O) groups is 2. The van der Waals surface area contributed by atoms with Crippen molar-refractivity contribution >= 4 is 27.5 Å². The van der Waals surface area contributed by atoms with E-state index in [2.05, 4.69) is 5.32 Å². The minimum Gasteiger partial charge on any atom is -0.497 e. The Hall–Kier alpha value is -3.28. The van der Waals surface area contributed by atoms with E-state index in [0.717, 1.165) is 47.2 Å². The van der Waals surface area contributed by atoms with Crippen LogP contribution in [0.1, 0.15) is 50.7 Å².